The quantitative estimate of drug-likeness (QED) is 0.641. The van der Waals surface area contributed by atoms with Crippen molar-refractivity contribution in [2.24, 2.45) is 5.92 Å². The summed E-state index contributed by atoms with van der Waals surface area (Å²) >= 11 is 0. The summed E-state index contributed by atoms with van der Waals surface area (Å²) in [5, 5.41) is 9.88. The normalized spacial score (nSPS) is 12.1. The molecular weight excluding hydrogens is 282 g/mol. The molecule has 2 nitrogen and oxygen atoms in total. The van der Waals surface area contributed by atoms with Crippen LogP contribution in [0.4, 0.5) is 11.4 Å². The summed E-state index contributed by atoms with van der Waals surface area (Å²) in [4.78, 5) is 2.36. The van der Waals surface area contributed by atoms with Crippen LogP contribution in [0.15, 0.2) is 48.5 Å². The lowest BCUT2D eigenvalue weighted by Crippen LogP contribution is -2.25. The molecule has 1 N–H and O–H groups in total. The van der Waals surface area contributed by atoms with Crippen molar-refractivity contribution in [1.29, 1.82) is 0 Å². The van der Waals surface area contributed by atoms with Crippen molar-refractivity contribution in [3.05, 3.63) is 54.1 Å². The highest BCUT2D eigenvalue weighted by molar-refractivity contribution is 5.67. The number of hydrogen-bond acceptors (Lipinski definition) is 2. The second-order valence-corrected chi connectivity index (χ2v) is 6.33. The molecule has 0 aliphatic heterocycles. The number of aryl methyl sites for hydroxylation is 1. The van der Waals surface area contributed by atoms with E-state index >= 15 is 0 Å². The molecule has 0 saturated carbocycles. The first-order valence-electron chi connectivity index (χ1n) is 8.77. The number of hydrogen-bond donors (Lipinski definition) is 1. The van der Waals surface area contributed by atoms with E-state index in [1.165, 1.54) is 36.9 Å². The van der Waals surface area contributed by atoms with Crippen molar-refractivity contribution in [2.45, 2.75) is 46.5 Å². The molecule has 0 heterocycles. The maximum absolute atomic E-state index is 9.88. The van der Waals surface area contributed by atoms with Gasteiger partial charge >= 0.3 is 0 Å². The minimum absolute atomic E-state index is 0.322. The smallest absolute Gasteiger partial charge is 0.117 e. The second kappa shape index (κ2) is 8.61. The number of anilines is 2. The van der Waals surface area contributed by atoms with E-state index in [4.69, 9.17) is 0 Å². The van der Waals surface area contributed by atoms with Gasteiger partial charge in [-0.2, -0.15) is 0 Å². The molecule has 1 unspecified atom stereocenters. The van der Waals surface area contributed by atoms with Crippen LogP contribution in [-0.4, -0.2) is 11.7 Å². The fourth-order valence-electron chi connectivity index (χ4n) is 3.05. The van der Waals surface area contributed by atoms with Crippen LogP contribution in [0.1, 0.15) is 45.1 Å². The summed E-state index contributed by atoms with van der Waals surface area (Å²) in [7, 11) is 0. The van der Waals surface area contributed by atoms with Crippen molar-refractivity contribution < 1.29 is 5.11 Å². The molecule has 0 aliphatic carbocycles. The average molecular weight is 311 g/mol. The molecule has 124 valence electrons. The molecule has 0 radical (unpaired) electrons. The van der Waals surface area contributed by atoms with Gasteiger partial charge in [0, 0.05) is 24.0 Å². The third-order valence-corrected chi connectivity index (χ3v) is 4.53. The first kappa shape index (κ1) is 17.4. The third kappa shape index (κ3) is 4.75. The zero-order valence-electron chi connectivity index (χ0n) is 14.6. The monoisotopic (exact) mass is 311 g/mol. The van der Waals surface area contributed by atoms with E-state index < -0.39 is 0 Å². The zero-order valence-corrected chi connectivity index (χ0v) is 14.6. The fourth-order valence-corrected chi connectivity index (χ4v) is 3.05. The van der Waals surface area contributed by atoms with Gasteiger partial charge in [-0.1, -0.05) is 57.4 Å². The van der Waals surface area contributed by atoms with Crippen LogP contribution < -0.4 is 4.90 Å². The second-order valence-electron chi connectivity index (χ2n) is 6.33. The van der Waals surface area contributed by atoms with E-state index in [0.29, 0.717) is 11.7 Å². The Morgan fingerprint density at radius 2 is 1.83 bits per heavy atom. The van der Waals surface area contributed by atoms with Gasteiger partial charge in [-0.25, -0.2) is 0 Å². The van der Waals surface area contributed by atoms with E-state index in [2.05, 4.69) is 56.0 Å². The fraction of sp³-hybridized carbons (Fsp3) is 0.429. The predicted octanol–water partition coefficient (Wildman–Crippen LogP) is 6.06. The molecular formula is C21H29NO. The summed E-state index contributed by atoms with van der Waals surface area (Å²) in [5.74, 6) is 0.986. The molecule has 0 spiro atoms. The van der Waals surface area contributed by atoms with Gasteiger partial charge in [-0.05, 0) is 43.0 Å². The number of phenols is 1. The Morgan fingerprint density at radius 1 is 1.04 bits per heavy atom. The average Bonchev–Trinajstić information content (AvgIpc) is 2.56. The molecule has 2 rings (SSSR count). The molecule has 2 aromatic rings. The number of para-hydroxylation sites is 1. The van der Waals surface area contributed by atoms with Crippen LogP contribution in [0.5, 0.6) is 5.75 Å². The van der Waals surface area contributed by atoms with Crippen molar-refractivity contribution in [1.82, 2.24) is 0 Å². The van der Waals surface area contributed by atoms with Gasteiger partial charge < -0.3 is 10.0 Å². The number of aromatic hydroxyl groups is 1. The summed E-state index contributed by atoms with van der Waals surface area (Å²) < 4.78 is 0. The highest BCUT2D eigenvalue weighted by atomic mass is 16.3. The maximum atomic E-state index is 9.88. The van der Waals surface area contributed by atoms with Gasteiger partial charge in [0.1, 0.15) is 5.75 Å². The van der Waals surface area contributed by atoms with Crippen molar-refractivity contribution in [3.8, 4) is 5.75 Å². The Kier molecular flexibility index (Phi) is 6.52. The van der Waals surface area contributed by atoms with Crippen LogP contribution in [0.3, 0.4) is 0 Å². The van der Waals surface area contributed by atoms with Gasteiger partial charge in [0.25, 0.3) is 0 Å². The maximum Gasteiger partial charge on any atom is 0.117 e. The van der Waals surface area contributed by atoms with Crippen molar-refractivity contribution in [2.75, 3.05) is 11.4 Å². The van der Waals surface area contributed by atoms with Crippen LogP contribution >= 0.6 is 0 Å². The van der Waals surface area contributed by atoms with Crippen LogP contribution in [-0.2, 0) is 0 Å². The first-order valence-corrected chi connectivity index (χ1v) is 8.77. The van der Waals surface area contributed by atoms with E-state index in [-0.39, 0.29) is 0 Å². The Bertz CT molecular complexity index is 608. The van der Waals surface area contributed by atoms with E-state index in [1.807, 2.05) is 12.1 Å². The number of benzene rings is 2. The minimum Gasteiger partial charge on any atom is -0.508 e. The molecule has 23 heavy (non-hydrogen) atoms. The minimum atomic E-state index is 0.322. The lowest BCUT2D eigenvalue weighted by Gasteiger charge is -2.30. The highest BCUT2D eigenvalue weighted by Crippen LogP contribution is 2.32. The number of nitrogens with zero attached hydrogens (tertiary/aromatic N) is 1. The van der Waals surface area contributed by atoms with Gasteiger partial charge in [-0.3, -0.25) is 0 Å². The molecule has 0 fully saturated rings. The topological polar surface area (TPSA) is 23.5 Å². The van der Waals surface area contributed by atoms with Crippen LogP contribution in [0.25, 0.3) is 0 Å². The van der Waals surface area contributed by atoms with E-state index in [0.717, 1.165) is 12.2 Å². The van der Waals surface area contributed by atoms with Crippen LogP contribution in [0.2, 0.25) is 0 Å². The van der Waals surface area contributed by atoms with Gasteiger partial charge in [0.15, 0.2) is 0 Å². The number of phenolic OH excluding ortho intramolecular Hbond substituents is 1. The molecule has 0 aliphatic rings. The molecule has 2 heteroatoms. The largest absolute Gasteiger partial charge is 0.508 e. The summed E-state index contributed by atoms with van der Waals surface area (Å²) in [6.45, 7) is 7.67. The summed E-state index contributed by atoms with van der Waals surface area (Å²) in [5.41, 5.74) is 3.56. The standard InChI is InChI=1S/C21H29NO/c1-4-6-11-18(5-2)16-22(19-12-9-13-20(23)15-19)21-14-8-7-10-17(21)3/h7-10,12-15,18,23H,4-6,11,16H2,1-3H3. The molecule has 0 aromatic heterocycles. The SMILES string of the molecule is CCCCC(CC)CN(c1cccc(O)c1)c1ccccc1C. The van der Waals surface area contributed by atoms with Gasteiger partial charge in [0.05, 0.1) is 0 Å². The summed E-state index contributed by atoms with van der Waals surface area (Å²) in [6.07, 6.45) is 4.96. The van der Waals surface area contributed by atoms with Crippen molar-refractivity contribution in [3.63, 3.8) is 0 Å². The van der Waals surface area contributed by atoms with Crippen LogP contribution in [0, 0.1) is 12.8 Å². The zero-order chi connectivity index (χ0) is 16.7. The first-order chi connectivity index (χ1) is 11.2. The van der Waals surface area contributed by atoms with E-state index in [1.54, 1.807) is 6.07 Å². The molecule has 0 saturated heterocycles. The Labute approximate surface area is 140 Å². The number of unbranched alkanes of at least 4 members (excludes halogenated alkanes) is 1. The molecule has 0 amide bonds. The number of rotatable bonds is 8. The Morgan fingerprint density at radius 3 is 2.48 bits per heavy atom. The third-order valence-electron chi connectivity index (χ3n) is 4.53. The van der Waals surface area contributed by atoms with E-state index in [9.17, 15) is 5.11 Å². The van der Waals surface area contributed by atoms with Gasteiger partial charge in [-0.15, -0.1) is 0 Å². The predicted molar refractivity (Wildman–Crippen MR) is 99.6 cm³/mol. The summed E-state index contributed by atoms with van der Waals surface area (Å²) in [6, 6.07) is 16.1. The molecule has 1 atom stereocenters. The Balaban J connectivity index is 2.33. The lowest BCUT2D eigenvalue weighted by atomic mass is 9.97. The molecule has 0 bridgehead atoms. The Hall–Kier alpha value is -1.96. The van der Waals surface area contributed by atoms with Gasteiger partial charge in [0.2, 0.25) is 0 Å². The molecule has 2 aromatic carbocycles. The highest BCUT2D eigenvalue weighted by Gasteiger charge is 2.17. The lowest BCUT2D eigenvalue weighted by molar-refractivity contribution is 0.457. The van der Waals surface area contributed by atoms with Crippen molar-refractivity contribution >= 4 is 11.4 Å².